The number of nitrogens with zero attached hydrogens (tertiary/aromatic N) is 2. The molecule has 0 spiro atoms. The molecule has 2 rings (SSSR count). The Labute approximate surface area is 150 Å². The first kappa shape index (κ1) is 19.2. The standard InChI is InChI=1S/C19H29N3O3/c1-14-15(7-6-12-20-14)13-24-22-16-8-10-19(5,11-9-16)21-17(23)25-18(2,3)4/h6-7,12H,8-11,13H2,1-5H3,(H,21,23). The van der Waals surface area contributed by atoms with Crippen LogP contribution in [0.5, 0.6) is 0 Å². The number of nitrogens with one attached hydrogen (secondary N) is 1. The molecule has 1 aliphatic carbocycles. The number of oxime groups is 1. The average molecular weight is 347 g/mol. The topological polar surface area (TPSA) is 72.8 Å². The summed E-state index contributed by atoms with van der Waals surface area (Å²) in [4.78, 5) is 21.7. The number of alkyl carbamates (subject to hydrolysis) is 1. The van der Waals surface area contributed by atoms with Crippen LogP contribution in [0, 0.1) is 6.92 Å². The van der Waals surface area contributed by atoms with Gasteiger partial charge in [-0.2, -0.15) is 0 Å². The maximum atomic E-state index is 12.0. The van der Waals surface area contributed by atoms with Gasteiger partial charge in [-0.05, 0) is 66.4 Å². The number of rotatable bonds is 4. The Balaban J connectivity index is 1.80. The van der Waals surface area contributed by atoms with Crippen molar-refractivity contribution < 1.29 is 14.4 Å². The molecular formula is C19H29N3O3. The van der Waals surface area contributed by atoms with Crippen LogP contribution < -0.4 is 5.32 Å². The summed E-state index contributed by atoms with van der Waals surface area (Å²) >= 11 is 0. The van der Waals surface area contributed by atoms with Gasteiger partial charge in [-0.1, -0.05) is 11.2 Å². The van der Waals surface area contributed by atoms with Crippen molar-refractivity contribution >= 4 is 11.8 Å². The minimum atomic E-state index is -0.486. The number of carbonyl (C=O) groups is 1. The molecule has 1 aromatic rings. The first-order valence-electron chi connectivity index (χ1n) is 8.76. The molecule has 1 N–H and O–H groups in total. The summed E-state index contributed by atoms with van der Waals surface area (Å²) in [5.74, 6) is 0. The maximum absolute atomic E-state index is 12.0. The number of aryl methyl sites for hydroxylation is 1. The molecule has 0 aromatic carbocycles. The van der Waals surface area contributed by atoms with Gasteiger partial charge in [0.15, 0.2) is 0 Å². The van der Waals surface area contributed by atoms with Crippen molar-refractivity contribution in [2.45, 2.75) is 78.0 Å². The minimum absolute atomic E-state index is 0.263. The highest BCUT2D eigenvalue weighted by atomic mass is 16.6. The lowest BCUT2D eigenvalue weighted by atomic mass is 9.82. The van der Waals surface area contributed by atoms with Crippen molar-refractivity contribution in [2.24, 2.45) is 5.16 Å². The van der Waals surface area contributed by atoms with E-state index in [4.69, 9.17) is 9.57 Å². The highest BCUT2D eigenvalue weighted by Crippen LogP contribution is 2.27. The van der Waals surface area contributed by atoms with Crippen molar-refractivity contribution in [3.05, 3.63) is 29.6 Å². The number of hydrogen-bond acceptors (Lipinski definition) is 5. The Bertz CT molecular complexity index is 625. The predicted molar refractivity (Wildman–Crippen MR) is 97.4 cm³/mol. The van der Waals surface area contributed by atoms with Gasteiger partial charge in [0.05, 0.1) is 5.71 Å². The third-order valence-corrected chi connectivity index (χ3v) is 4.26. The van der Waals surface area contributed by atoms with Crippen molar-refractivity contribution in [2.75, 3.05) is 0 Å². The normalized spacial score (nSPS) is 20.8. The van der Waals surface area contributed by atoms with Gasteiger partial charge in [-0.25, -0.2) is 4.79 Å². The quantitative estimate of drug-likeness (QED) is 0.832. The molecule has 6 nitrogen and oxygen atoms in total. The highest BCUT2D eigenvalue weighted by molar-refractivity contribution is 5.85. The van der Waals surface area contributed by atoms with Crippen molar-refractivity contribution in [3.8, 4) is 0 Å². The van der Waals surface area contributed by atoms with Crippen molar-refractivity contribution in [3.63, 3.8) is 0 Å². The molecule has 0 bridgehead atoms. The van der Waals surface area contributed by atoms with E-state index in [0.717, 1.165) is 42.7 Å². The molecule has 1 aromatic heterocycles. The van der Waals surface area contributed by atoms with Gasteiger partial charge in [0.2, 0.25) is 0 Å². The van der Waals surface area contributed by atoms with Gasteiger partial charge in [0.25, 0.3) is 0 Å². The molecule has 0 atom stereocenters. The smallest absolute Gasteiger partial charge is 0.408 e. The number of hydrogen-bond donors (Lipinski definition) is 1. The van der Waals surface area contributed by atoms with E-state index in [-0.39, 0.29) is 11.6 Å². The lowest BCUT2D eigenvalue weighted by Gasteiger charge is -2.35. The molecule has 0 radical (unpaired) electrons. The second-order valence-electron chi connectivity index (χ2n) is 7.87. The predicted octanol–water partition coefficient (Wildman–Crippen LogP) is 4.12. The molecule has 1 heterocycles. The molecule has 6 heteroatoms. The third kappa shape index (κ3) is 6.36. The molecule has 0 unspecified atom stereocenters. The van der Waals surface area contributed by atoms with Crippen LogP contribution in [0.3, 0.4) is 0 Å². The molecule has 1 aliphatic rings. The summed E-state index contributed by atoms with van der Waals surface area (Å²) in [6.45, 7) is 10.0. The monoisotopic (exact) mass is 347 g/mol. The van der Waals surface area contributed by atoms with Crippen LogP contribution >= 0.6 is 0 Å². The summed E-state index contributed by atoms with van der Waals surface area (Å²) in [6, 6.07) is 3.89. The first-order chi connectivity index (χ1) is 11.7. The van der Waals surface area contributed by atoms with Gasteiger partial charge in [0, 0.05) is 23.0 Å². The Morgan fingerprint density at radius 1 is 1.36 bits per heavy atom. The zero-order valence-corrected chi connectivity index (χ0v) is 15.9. The molecule has 0 aliphatic heterocycles. The van der Waals surface area contributed by atoms with Crippen LogP contribution in [-0.4, -0.2) is 27.9 Å². The second-order valence-corrected chi connectivity index (χ2v) is 7.87. The van der Waals surface area contributed by atoms with Crippen LogP contribution in [0.2, 0.25) is 0 Å². The van der Waals surface area contributed by atoms with Crippen LogP contribution in [0.1, 0.15) is 64.6 Å². The van der Waals surface area contributed by atoms with Crippen LogP contribution in [-0.2, 0) is 16.2 Å². The molecular weight excluding hydrogens is 318 g/mol. The summed E-state index contributed by atoms with van der Waals surface area (Å²) in [5.41, 5.74) is 2.28. The van der Waals surface area contributed by atoms with E-state index in [0.29, 0.717) is 6.61 Å². The van der Waals surface area contributed by atoms with Gasteiger partial charge < -0.3 is 14.9 Å². The van der Waals surface area contributed by atoms with E-state index in [1.165, 1.54) is 0 Å². The maximum Gasteiger partial charge on any atom is 0.408 e. The largest absolute Gasteiger partial charge is 0.444 e. The first-order valence-corrected chi connectivity index (χ1v) is 8.76. The van der Waals surface area contributed by atoms with E-state index < -0.39 is 5.60 Å². The van der Waals surface area contributed by atoms with Gasteiger partial charge >= 0.3 is 6.09 Å². The summed E-state index contributed by atoms with van der Waals surface area (Å²) in [6.07, 6.45) is 4.65. The van der Waals surface area contributed by atoms with Crippen LogP contribution in [0.25, 0.3) is 0 Å². The lowest BCUT2D eigenvalue weighted by Crippen LogP contribution is -2.50. The highest BCUT2D eigenvalue weighted by Gasteiger charge is 2.32. The SMILES string of the molecule is Cc1ncccc1CON=C1CCC(C)(NC(=O)OC(C)(C)C)CC1. The minimum Gasteiger partial charge on any atom is -0.444 e. The number of carbonyl (C=O) groups excluding carboxylic acids is 1. The molecule has 25 heavy (non-hydrogen) atoms. The third-order valence-electron chi connectivity index (χ3n) is 4.26. The van der Waals surface area contributed by atoms with Gasteiger partial charge in [-0.15, -0.1) is 0 Å². The van der Waals surface area contributed by atoms with Crippen molar-refractivity contribution in [1.29, 1.82) is 0 Å². The van der Waals surface area contributed by atoms with E-state index >= 15 is 0 Å². The Kier molecular flexibility index (Phi) is 6.03. The average Bonchev–Trinajstić information content (AvgIpc) is 2.49. The van der Waals surface area contributed by atoms with Crippen LogP contribution in [0.4, 0.5) is 4.79 Å². The van der Waals surface area contributed by atoms with Crippen molar-refractivity contribution in [1.82, 2.24) is 10.3 Å². The fraction of sp³-hybridized carbons (Fsp3) is 0.632. The molecule has 0 saturated heterocycles. The van der Waals surface area contributed by atoms with E-state index in [9.17, 15) is 4.79 Å². The zero-order chi connectivity index (χ0) is 18.5. The number of ether oxygens (including phenoxy) is 1. The Morgan fingerprint density at radius 2 is 2.04 bits per heavy atom. The van der Waals surface area contributed by atoms with E-state index in [1.54, 1.807) is 6.20 Å². The molecule has 138 valence electrons. The number of amides is 1. The lowest BCUT2D eigenvalue weighted by molar-refractivity contribution is 0.0450. The van der Waals surface area contributed by atoms with Crippen LogP contribution in [0.15, 0.2) is 23.5 Å². The molecule has 1 amide bonds. The molecule has 1 fully saturated rings. The van der Waals surface area contributed by atoms with Gasteiger partial charge in [0.1, 0.15) is 12.2 Å². The summed E-state index contributed by atoms with van der Waals surface area (Å²) in [7, 11) is 0. The second kappa shape index (κ2) is 7.85. The number of pyridine rings is 1. The van der Waals surface area contributed by atoms with Gasteiger partial charge in [-0.3, -0.25) is 4.98 Å². The van der Waals surface area contributed by atoms with E-state index in [1.807, 2.05) is 46.8 Å². The number of aromatic nitrogens is 1. The zero-order valence-electron chi connectivity index (χ0n) is 15.9. The van der Waals surface area contributed by atoms with E-state index in [2.05, 4.69) is 15.5 Å². The molecule has 1 saturated carbocycles. The Hall–Kier alpha value is -2.11. The fourth-order valence-corrected chi connectivity index (χ4v) is 2.72. The Morgan fingerprint density at radius 3 is 2.64 bits per heavy atom. The fourth-order valence-electron chi connectivity index (χ4n) is 2.72. The summed E-state index contributed by atoms with van der Waals surface area (Å²) < 4.78 is 5.35. The summed E-state index contributed by atoms with van der Waals surface area (Å²) in [5, 5.41) is 7.27.